The van der Waals surface area contributed by atoms with Gasteiger partial charge in [-0.05, 0) is 62.8 Å². The van der Waals surface area contributed by atoms with Gasteiger partial charge in [-0.15, -0.1) is 0 Å². The van der Waals surface area contributed by atoms with Gasteiger partial charge in [-0.1, -0.05) is 30.3 Å². The van der Waals surface area contributed by atoms with Gasteiger partial charge in [-0.2, -0.15) is 0 Å². The first-order chi connectivity index (χ1) is 13.4. The smallest absolute Gasteiger partial charge is 0.227 e. The van der Waals surface area contributed by atoms with Crippen molar-refractivity contribution in [3.8, 4) is 0 Å². The van der Waals surface area contributed by atoms with Gasteiger partial charge in [0.25, 0.3) is 0 Å². The molecule has 4 nitrogen and oxygen atoms in total. The largest absolute Gasteiger partial charge is 0.352 e. The van der Waals surface area contributed by atoms with Crippen molar-refractivity contribution in [3.63, 3.8) is 0 Å². The second-order valence-electron chi connectivity index (χ2n) is 7.67. The minimum absolute atomic E-state index is 0.0268. The summed E-state index contributed by atoms with van der Waals surface area (Å²) in [4.78, 5) is 25.0. The summed E-state index contributed by atoms with van der Waals surface area (Å²) < 4.78 is 13.7. The first kappa shape index (κ1) is 20.1. The predicted molar refractivity (Wildman–Crippen MR) is 108 cm³/mol. The van der Waals surface area contributed by atoms with E-state index in [2.05, 4.69) is 10.6 Å². The third kappa shape index (κ3) is 4.97. The Hall–Kier alpha value is -2.69. The van der Waals surface area contributed by atoms with E-state index >= 15 is 0 Å². The molecule has 0 aliphatic heterocycles. The van der Waals surface area contributed by atoms with Crippen molar-refractivity contribution in [3.05, 3.63) is 65.0 Å². The molecule has 28 heavy (non-hydrogen) atoms. The predicted octanol–water partition coefficient (Wildman–Crippen LogP) is 4.50. The van der Waals surface area contributed by atoms with Crippen LogP contribution in [0.4, 0.5) is 10.1 Å². The summed E-state index contributed by atoms with van der Waals surface area (Å²) in [5, 5.41) is 5.86. The fourth-order valence-corrected chi connectivity index (χ4v) is 3.69. The number of anilines is 1. The van der Waals surface area contributed by atoms with Gasteiger partial charge >= 0.3 is 0 Å². The molecule has 0 spiro atoms. The molecule has 5 heteroatoms. The molecule has 1 aliphatic rings. The molecule has 3 rings (SSSR count). The van der Waals surface area contributed by atoms with E-state index in [9.17, 15) is 14.0 Å². The molecule has 0 radical (unpaired) electrons. The molecule has 2 aromatic carbocycles. The maximum atomic E-state index is 13.7. The Balaban J connectivity index is 1.48. The molecular weight excluding hydrogens is 355 g/mol. The van der Waals surface area contributed by atoms with E-state index in [0.717, 1.165) is 16.8 Å². The second-order valence-corrected chi connectivity index (χ2v) is 7.67. The average Bonchev–Trinajstić information content (AvgIpc) is 2.70. The molecule has 1 saturated carbocycles. The van der Waals surface area contributed by atoms with Crippen LogP contribution in [-0.2, 0) is 16.1 Å². The van der Waals surface area contributed by atoms with Crippen molar-refractivity contribution >= 4 is 17.5 Å². The van der Waals surface area contributed by atoms with Gasteiger partial charge in [-0.3, -0.25) is 9.59 Å². The summed E-state index contributed by atoms with van der Waals surface area (Å²) in [5.41, 5.74) is 3.49. The molecule has 2 amide bonds. The summed E-state index contributed by atoms with van der Waals surface area (Å²) in [6.07, 6.45) is 2.73. The lowest BCUT2D eigenvalue weighted by Crippen LogP contribution is -2.35. The quantitative estimate of drug-likeness (QED) is 0.800. The number of aryl methyl sites for hydroxylation is 2. The molecular formula is C23H27FN2O2. The fraction of sp³-hybridized carbons (Fsp3) is 0.391. The van der Waals surface area contributed by atoms with E-state index in [1.165, 1.54) is 6.07 Å². The van der Waals surface area contributed by atoms with Crippen LogP contribution in [0.25, 0.3) is 0 Å². The number of nitrogens with one attached hydrogen (secondary N) is 2. The molecule has 2 N–H and O–H groups in total. The third-order valence-corrected chi connectivity index (χ3v) is 5.53. The van der Waals surface area contributed by atoms with Crippen LogP contribution in [-0.4, -0.2) is 11.8 Å². The van der Waals surface area contributed by atoms with Crippen LogP contribution in [0.3, 0.4) is 0 Å². The lowest BCUT2D eigenvalue weighted by Gasteiger charge is -2.27. The number of rotatable bonds is 5. The van der Waals surface area contributed by atoms with Gasteiger partial charge in [0.1, 0.15) is 5.82 Å². The average molecular weight is 382 g/mol. The number of carbonyl (C=O) groups excluding carboxylic acids is 2. The standard InChI is InChI=1S/C23H27FN2O2/c1-15-7-8-16(2)21(13-15)26-23(28)18-11-9-17(10-12-18)22(27)25-14-19-5-3-4-6-20(19)24/h3-8,13,17-18H,9-12,14H2,1-2H3,(H,25,27)(H,26,28). The second kappa shape index (κ2) is 9.00. The van der Waals surface area contributed by atoms with Crippen molar-refractivity contribution in [2.24, 2.45) is 11.8 Å². The maximum absolute atomic E-state index is 13.7. The normalized spacial score (nSPS) is 19.1. The van der Waals surface area contributed by atoms with Crippen molar-refractivity contribution in [1.82, 2.24) is 5.32 Å². The summed E-state index contributed by atoms with van der Waals surface area (Å²) in [5.74, 6) is -0.530. The van der Waals surface area contributed by atoms with Crippen molar-refractivity contribution in [2.75, 3.05) is 5.32 Å². The van der Waals surface area contributed by atoms with Crippen LogP contribution in [0.1, 0.15) is 42.4 Å². The highest BCUT2D eigenvalue weighted by Gasteiger charge is 2.30. The van der Waals surface area contributed by atoms with Crippen molar-refractivity contribution < 1.29 is 14.0 Å². The molecule has 1 aliphatic carbocycles. The van der Waals surface area contributed by atoms with Gasteiger partial charge < -0.3 is 10.6 Å². The highest BCUT2D eigenvalue weighted by atomic mass is 19.1. The molecule has 2 aromatic rings. The Morgan fingerprint density at radius 3 is 2.29 bits per heavy atom. The molecule has 0 unspecified atom stereocenters. The highest BCUT2D eigenvalue weighted by Crippen LogP contribution is 2.30. The summed E-state index contributed by atoms with van der Waals surface area (Å²) in [7, 11) is 0. The van der Waals surface area contributed by atoms with Gasteiger partial charge in [0.2, 0.25) is 11.8 Å². The number of hydrogen-bond acceptors (Lipinski definition) is 2. The summed E-state index contributed by atoms with van der Waals surface area (Å²) >= 11 is 0. The Morgan fingerprint density at radius 1 is 0.964 bits per heavy atom. The van der Waals surface area contributed by atoms with Crippen molar-refractivity contribution in [2.45, 2.75) is 46.1 Å². The van der Waals surface area contributed by atoms with E-state index < -0.39 is 0 Å². The molecule has 0 bridgehead atoms. The minimum Gasteiger partial charge on any atom is -0.352 e. The zero-order valence-electron chi connectivity index (χ0n) is 16.4. The minimum atomic E-state index is -0.311. The Labute approximate surface area is 165 Å². The number of benzene rings is 2. The lowest BCUT2D eigenvalue weighted by atomic mass is 9.81. The highest BCUT2D eigenvalue weighted by molar-refractivity contribution is 5.93. The SMILES string of the molecule is Cc1ccc(C)c(NC(=O)C2CCC(C(=O)NCc3ccccc3F)CC2)c1. The first-order valence-electron chi connectivity index (χ1n) is 9.83. The molecule has 0 aromatic heterocycles. The molecule has 0 atom stereocenters. The van der Waals surface area contributed by atoms with Crippen molar-refractivity contribution in [1.29, 1.82) is 0 Å². The van der Waals surface area contributed by atoms with Crippen LogP contribution in [0.5, 0.6) is 0 Å². The van der Waals surface area contributed by atoms with E-state index in [-0.39, 0.29) is 36.0 Å². The zero-order valence-corrected chi connectivity index (χ0v) is 16.4. The van der Waals surface area contributed by atoms with Gasteiger partial charge in [-0.25, -0.2) is 4.39 Å². The molecule has 1 fully saturated rings. The fourth-order valence-electron chi connectivity index (χ4n) is 3.69. The van der Waals surface area contributed by atoms with Gasteiger partial charge in [0.05, 0.1) is 0 Å². The van der Waals surface area contributed by atoms with Gasteiger partial charge in [0, 0.05) is 29.6 Å². The lowest BCUT2D eigenvalue weighted by molar-refractivity contribution is -0.128. The van der Waals surface area contributed by atoms with Crippen LogP contribution in [0, 0.1) is 31.5 Å². The molecule has 148 valence electrons. The first-order valence-corrected chi connectivity index (χ1v) is 9.83. The number of carbonyl (C=O) groups is 2. The topological polar surface area (TPSA) is 58.2 Å². The van der Waals surface area contributed by atoms with Crippen LogP contribution < -0.4 is 10.6 Å². The Morgan fingerprint density at radius 2 is 1.61 bits per heavy atom. The molecule has 0 heterocycles. The van der Waals surface area contributed by atoms with E-state index in [1.54, 1.807) is 18.2 Å². The number of hydrogen-bond donors (Lipinski definition) is 2. The van der Waals surface area contributed by atoms with E-state index in [1.807, 2.05) is 32.0 Å². The number of amides is 2. The van der Waals surface area contributed by atoms with Gasteiger partial charge in [0.15, 0.2) is 0 Å². The summed E-state index contributed by atoms with van der Waals surface area (Å²) in [6, 6.07) is 12.5. The monoisotopic (exact) mass is 382 g/mol. The zero-order chi connectivity index (χ0) is 20.1. The van der Waals surface area contributed by atoms with E-state index in [4.69, 9.17) is 0 Å². The Bertz CT molecular complexity index is 857. The summed E-state index contributed by atoms with van der Waals surface area (Å²) in [6.45, 7) is 4.17. The number of halogens is 1. The Kier molecular flexibility index (Phi) is 6.45. The third-order valence-electron chi connectivity index (χ3n) is 5.53. The van der Waals surface area contributed by atoms with Crippen LogP contribution in [0.15, 0.2) is 42.5 Å². The van der Waals surface area contributed by atoms with Crippen LogP contribution in [0.2, 0.25) is 0 Å². The van der Waals surface area contributed by atoms with Crippen LogP contribution >= 0.6 is 0 Å². The van der Waals surface area contributed by atoms with E-state index in [0.29, 0.717) is 31.2 Å². The molecule has 0 saturated heterocycles. The maximum Gasteiger partial charge on any atom is 0.227 e.